The molecule has 1 saturated heterocycles. The zero-order valence-corrected chi connectivity index (χ0v) is 28.1. The molecule has 0 aromatic heterocycles. The first-order valence-corrected chi connectivity index (χ1v) is 17.9. The fourth-order valence-corrected chi connectivity index (χ4v) is 9.09. The number of nitrogens with one attached hydrogen (secondary N) is 2. The van der Waals surface area contributed by atoms with Crippen LogP contribution in [0.2, 0.25) is 10.0 Å². The van der Waals surface area contributed by atoms with Gasteiger partial charge < -0.3 is 20.3 Å². The van der Waals surface area contributed by atoms with E-state index >= 15 is 0 Å². The van der Waals surface area contributed by atoms with Crippen molar-refractivity contribution in [3.05, 3.63) is 45.4 Å². The molecule has 2 N–H and O–H groups in total. The van der Waals surface area contributed by atoms with Crippen LogP contribution in [0.5, 0.6) is 5.75 Å². The van der Waals surface area contributed by atoms with Crippen LogP contribution >= 0.6 is 23.2 Å². The van der Waals surface area contributed by atoms with Gasteiger partial charge in [0.15, 0.2) is 5.75 Å². The molecule has 2 aliphatic carbocycles. The average Bonchev–Trinajstić information content (AvgIpc) is 3.78. The van der Waals surface area contributed by atoms with Crippen LogP contribution in [-0.2, 0) is 11.2 Å². The summed E-state index contributed by atoms with van der Waals surface area (Å²) in [7, 11) is 0. The molecule has 5 aliphatic rings. The Morgan fingerprint density at radius 1 is 0.956 bits per heavy atom. The van der Waals surface area contributed by atoms with E-state index in [1.807, 2.05) is 13.0 Å². The zero-order valence-electron chi connectivity index (χ0n) is 26.5. The second kappa shape index (κ2) is 13.0. The molecule has 7 nitrogen and oxygen atoms in total. The number of carbonyl (C=O) groups excluding carboxylic acids is 2. The molecule has 3 heterocycles. The molecule has 7 rings (SSSR count). The minimum absolute atomic E-state index is 0.0428. The number of fused-ring (bicyclic) bond motifs is 2. The van der Waals surface area contributed by atoms with Gasteiger partial charge in [-0.2, -0.15) is 0 Å². The van der Waals surface area contributed by atoms with Crippen molar-refractivity contribution in [1.29, 1.82) is 0 Å². The summed E-state index contributed by atoms with van der Waals surface area (Å²) in [6, 6.07) is 8.28. The van der Waals surface area contributed by atoms with Crippen molar-refractivity contribution < 1.29 is 14.3 Å². The topological polar surface area (TPSA) is 73.9 Å². The van der Waals surface area contributed by atoms with Gasteiger partial charge >= 0.3 is 6.09 Å². The fraction of sp³-hybridized carbons (Fsp3) is 0.611. The van der Waals surface area contributed by atoms with E-state index in [4.69, 9.17) is 27.9 Å². The molecule has 0 radical (unpaired) electrons. The molecule has 3 fully saturated rings. The normalized spacial score (nSPS) is 26.9. The third-order valence-corrected chi connectivity index (χ3v) is 11.7. The monoisotopic (exact) mass is 652 g/mol. The number of benzene rings is 2. The van der Waals surface area contributed by atoms with Crippen molar-refractivity contribution in [2.24, 2.45) is 17.8 Å². The number of nitrogens with zero attached hydrogens (tertiary/aromatic N) is 2. The Hall–Kier alpha value is -2.48. The van der Waals surface area contributed by atoms with Gasteiger partial charge in [-0.15, -0.1) is 0 Å². The van der Waals surface area contributed by atoms with Gasteiger partial charge in [-0.25, -0.2) is 4.79 Å². The summed E-state index contributed by atoms with van der Waals surface area (Å²) >= 11 is 13.5. The van der Waals surface area contributed by atoms with E-state index in [0.29, 0.717) is 51.8 Å². The Morgan fingerprint density at radius 2 is 1.73 bits per heavy atom. The molecule has 2 aromatic rings. The van der Waals surface area contributed by atoms with Crippen LogP contribution in [0, 0.1) is 17.8 Å². The molecular weight excluding hydrogens is 607 g/mol. The summed E-state index contributed by atoms with van der Waals surface area (Å²) in [4.78, 5) is 30.4. The Bertz CT molecular complexity index is 1450. The van der Waals surface area contributed by atoms with Gasteiger partial charge in [0.05, 0.1) is 28.1 Å². The highest BCUT2D eigenvalue weighted by atomic mass is 35.5. The van der Waals surface area contributed by atoms with E-state index in [2.05, 4.69) is 22.8 Å². The van der Waals surface area contributed by atoms with E-state index in [1.54, 1.807) is 22.8 Å². The first-order valence-electron chi connectivity index (χ1n) is 17.2. The van der Waals surface area contributed by atoms with Crippen LogP contribution < -0.4 is 25.2 Å². The highest BCUT2D eigenvalue weighted by molar-refractivity contribution is 6.37. The van der Waals surface area contributed by atoms with Gasteiger partial charge in [0, 0.05) is 37.6 Å². The number of hydrogen-bond acceptors (Lipinski definition) is 5. The average molecular weight is 654 g/mol. The summed E-state index contributed by atoms with van der Waals surface area (Å²) in [5, 5.41) is 8.23. The molecule has 2 amide bonds. The number of ether oxygens (including phenoxy) is 1. The van der Waals surface area contributed by atoms with E-state index in [9.17, 15) is 9.59 Å². The lowest BCUT2D eigenvalue weighted by Crippen LogP contribution is -2.52. The molecule has 4 unspecified atom stereocenters. The van der Waals surface area contributed by atoms with Crippen molar-refractivity contribution in [2.45, 2.75) is 102 Å². The molecule has 45 heavy (non-hydrogen) atoms. The first-order chi connectivity index (χ1) is 21.8. The summed E-state index contributed by atoms with van der Waals surface area (Å²) in [5.41, 5.74) is 4.33. The smallest absolute Gasteiger partial charge is 0.406 e. The van der Waals surface area contributed by atoms with Crippen molar-refractivity contribution >= 4 is 52.3 Å². The third-order valence-electron chi connectivity index (χ3n) is 11.1. The van der Waals surface area contributed by atoms with Crippen LogP contribution in [-0.4, -0.2) is 43.7 Å². The lowest BCUT2D eigenvalue weighted by atomic mass is 9.80. The minimum Gasteiger partial charge on any atom is -0.406 e. The predicted octanol–water partition coefficient (Wildman–Crippen LogP) is 8.55. The Balaban J connectivity index is 1.15. The van der Waals surface area contributed by atoms with Gasteiger partial charge in [0.1, 0.15) is 0 Å². The molecule has 0 bridgehead atoms. The molecule has 2 saturated carbocycles. The van der Waals surface area contributed by atoms with Gasteiger partial charge in [0.2, 0.25) is 5.91 Å². The lowest BCUT2D eigenvalue weighted by Gasteiger charge is -2.40. The van der Waals surface area contributed by atoms with Crippen molar-refractivity contribution in [2.75, 3.05) is 34.8 Å². The number of amides is 2. The molecule has 0 spiro atoms. The Labute approximate surface area is 277 Å². The van der Waals surface area contributed by atoms with Crippen LogP contribution in [0.25, 0.3) is 0 Å². The summed E-state index contributed by atoms with van der Waals surface area (Å²) in [5.74, 6) is 2.71. The van der Waals surface area contributed by atoms with E-state index < -0.39 is 6.09 Å². The lowest BCUT2D eigenvalue weighted by molar-refractivity contribution is -0.117. The predicted molar refractivity (Wildman–Crippen MR) is 182 cm³/mol. The second-order valence-corrected chi connectivity index (χ2v) is 15.1. The van der Waals surface area contributed by atoms with Gasteiger partial charge in [0.25, 0.3) is 0 Å². The summed E-state index contributed by atoms with van der Waals surface area (Å²) in [6.45, 7) is 5.62. The standard InChI is InChI=1S/C36H46Cl2N4O3/c1-21-20-41(33-16-25(11-12-32(33)42(21)22(2)43)26-14-28(39-18-26)13-23-9-10-23)36(44)45-35-31(38)17-30(37)29-15-27(19-40-34(29)35)24-7-5-3-4-6-8-24/h11-12,16-17,21,23-24,26-28,39-40H,3-10,13-15,18-20H2,1-2H3. The zero-order chi connectivity index (χ0) is 31.2. The number of hydrogen-bond donors (Lipinski definition) is 2. The van der Waals surface area contributed by atoms with Crippen molar-refractivity contribution in [3.8, 4) is 5.75 Å². The first kappa shape index (κ1) is 31.1. The van der Waals surface area contributed by atoms with Crippen LogP contribution in [0.1, 0.15) is 95.1 Å². The largest absolute Gasteiger partial charge is 0.420 e. The van der Waals surface area contributed by atoms with Gasteiger partial charge in [-0.05, 0) is 79.2 Å². The maximum Gasteiger partial charge on any atom is 0.420 e. The summed E-state index contributed by atoms with van der Waals surface area (Å²) < 4.78 is 6.19. The van der Waals surface area contributed by atoms with Crippen LogP contribution in [0.4, 0.5) is 21.9 Å². The summed E-state index contributed by atoms with van der Waals surface area (Å²) in [6.07, 6.45) is 13.2. The number of halogens is 2. The Kier molecular flexibility index (Phi) is 8.97. The highest BCUT2D eigenvalue weighted by Crippen LogP contribution is 2.47. The third kappa shape index (κ3) is 6.42. The van der Waals surface area contributed by atoms with Crippen LogP contribution in [0.3, 0.4) is 0 Å². The number of anilines is 3. The molecule has 242 valence electrons. The minimum atomic E-state index is -0.501. The molecule has 9 heteroatoms. The van der Waals surface area contributed by atoms with E-state index in [1.165, 1.54) is 63.4 Å². The Morgan fingerprint density at radius 3 is 2.47 bits per heavy atom. The van der Waals surface area contributed by atoms with Gasteiger partial charge in [-0.1, -0.05) is 80.6 Å². The maximum absolute atomic E-state index is 14.1. The number of rotatable bonds is 5. The number of carbonyl (C=O) groups is 2. The maximum atomic E-state index is 14.1. The molecule has 2 aromatic carbocycles. The van der Waals surface area contributed by atoms with E-state index in [-0.39, 0.29) is 11.9 Å². The second-order valence-electron chi connectivity index (χ2n) is 14.3. The van der Waals surface area contributed by atoms with Crippen LogP contribution in [0.15, 0.2) is 24.3 Å². The van der Waals surface area contributed by atoms with E-state index in [0.717, 1.165) is 48.8 Å². The van der Waals surface area contributed by atoms with Crippen molar-refractivity contribution in [1.82, 2.24) is 5.32 Å². The SMILES string of the molecule is CC(=O)N1c2ccc(C3CNC(CC4CC4)C3)cc2N(C(=O)Oc2c(Cl)cc(Cl)c3c2NCC(C2CCCCCC2)C3)CC1C. The fourth-order valence-electron chi connectivity index (χ4n) is 8.51. The van der Waals surface area contributed by atoms with Crippen molar-refractivity contribution in [3.63, 3.8) is 0 Å². The highest BCUT2D eigenvalue weighted by Gasteiger charge is 2.38. The molecule has 4 atom stereocenters. The molecular formula is C36H46Cl2N4O3. The molecule has 3 aliphatic heterocycles. The quantitative estimate of drug-likeness (QED) is 0.317. The van der Waals surface area contributed by atoms with Gasteiger partial charge in [-0.3, -0.25) is 9.69 Å².